The first-order valence-electron chi connectivity index (χ1n) is 7.10. The summed E-state index contributed by atoms with van der Waals surface area (Å²) in [6.45, 7) is 4.88. The zero-order chi connectivity index (χ0) is 15.2. The fourth-order valence-corrected chi connectivity index (χ4v) is 2.67. The molecular weight excluding hydrogens is 282 g/mol. The van der Waals surface area contributed by atoms with Gasteiger partial charge in [0, 0.05) is 31.0 Å². The second-order valence-electron chi connectivity index (χ2n) is 5.18. The second kappa shape index (κ2) is 7.22. The number of anilines is 1. The van der Waals surface area contributed by atoms with Crippen molar-refractivity contribution in [3.05, 3.63) is 46.5 Å². The van der Waals surface area contributed by atoms with Gasteiger partial charge in [-0.3, -0.25) is 4.79 Å². The topological polar surface area (TPSA) is 54.0 Å². The monoisotopic (exact) mass is 303 g/mol. The van der Waals surface area contributed by atoms with E-state index < -0.39 is 0 Å². The average molecular weight is 303 g/mol. The summed E-state index contributed by atoms with van der Waals surface area (Å²) in [7, 11) is 1.85. The molecule has 0 aliphatic carbocycles. The van der Waals surface area contributed by atoms with Crippen LogP contribution in [-0.4, -0.2) is 24.5 Å². The van der Waals surface area contributed by atoms with E-state index in [2.05, 4.69) is 29.5 Å². The van der Waals surface area contributed by atoms with Crippen molar-refractivity contribution in [1.82, 2.24) is 10.3 Å². The molecule has 0 unspecified atom stereocenters. The number of rotatable bonds is 6. The van der Waals surface area contributed by atoms with E-state index in [0.717, 1.165) is 17.2 Å². The van der Waals surface area contributed by atoms with Crippen LogP contribution in [0.15, 0.2) is 29.6 Å². The Labute approximate surface area is 129 Å². The number of thiazole rings is 1. The standard InChI is InChI=1S/C16H21N3OS/c1-11(2)12-4-6-13(7-5-12)15(20)18-9-8-14-10-21-16(17-3)19-14/h4-7,10-11H,8-9H2,1-3H3,(H,17,19)(H,18,20). The molecule has 0 saturated carbocycles. The molecule has 0 fully saturated rings. The van der Waals surface area contributed by atoms with E-state index in [1.165, 1.54) is 5.56 Å². The van der Waals surface area contributed by atoms with Gasteiger partial charge in [-0.1, -0.05) is 26.0 Å². The molecule has 21 heavy (non-hydrogen) atoms. The molecule has 1 amide bonds. The van der Waals surface area contributed by atoms with Crippen molar-refractivity contribution >= 4 is 22.4 Å². The molecule has 4 nitrogen and oxygen atoms in total. The van der Waals surface area contributed by atoms with Crippen LogP contribution in [-0.2, 0) is 6.42 Å². The van der Waals surface area contributed by atoms with Gasteiger partial charge in [-0.25, -0.2) is 4.98 Å². The highest BCUT2D eigenvalue weighted by molar-refractivity contribution is 7.13. The number of amides is 1. The van der Waals surface area contributed by atoms with E-state index in [4.69, 9.17) is 0 Å². The van der Waals surface area contributed by atoms with Crippen molar-refractivity contribution in [3.8, 4) is 0 Å². The lowest BCUT2D eigenvalue weighted by molar-refractivity contribution is 0.0954. The van der Waals surface area contributed by atoms with Gasteiger partial charge in [0.1, 0.15) is 0 Å². The highest BCUT2D eigenvalue weighted by Crippen LogP contribution is 2.15. The zero-order valence-electron chi connectivity index (χ0n) is 12.6. The zero-order valence-corrected chi connectivity index (χ0v) is 13.5. The SMILES string of the molecule is CNc1nc(CCNC(=O)c2ccc(C(C)C)cc2)cs1. The molecule has 2 rings (SSSR count). The quantitative estimate of drug-likeness (QED) is 0.861. The van der Waals surface area contributed by atoms with Gasteiger partial charge >= 0.3 is 0 Å². The van der Waals surface area contributed by atoms with Crippen molar-refractivity contribution in [2.24, 2.45) is 0 Å². The van der Waals surface area contributed by atoms with Gasteiger partial charge in [-0.05, 0) is 23.6 Å². The molecule has 1 aromatic heterocycles. The van der Waals surface area contributed by atoms with Crippen molar-refractivity contribution in [3.63, 3.8) is 0 Å². The summed E-state index contributed by atoms with van der Waals surface area (Å²) in [6.07, 6.45) is 0.744. The van der Waals surface area contributed by atoms with Crippen molar-refractivity contribution in [1.29, 1.82) is 0 Å². The van der Waals surface area contributed by atoms with Crippen LogP contribution in [0, 0.1) is 0 Å². The number of aromatic nitrogens is 1. The summed E-state index contributed by atoms with van der Waals surface area (Å²) in [6, 6.07) is 7.79. The minimum Gasteiger partial charge on any atom is -0.365 e. The molecule has 5 heteroatoms. The highest BCUT2D eigenvalue weighted by atomic mass is 32.1. The number of carbonyl (C=O) groups is 1. The minimum absolute atomic E-state index is 0.0330. The Balaban J connectivity index is 1.83. The first-order valence-corrected chi connectivity index (χ1v) is 7.98. The van der Waals surface area contributed by atoms with Gasteiger partial charge in [-0.2, -0.15) is 0 Å². The average Bonchev–Trinajstić information content (AvgIpc) is 2.95. The van der Waals surface area contributed by atoms with Crippen LogP contribution in [0.1, 0.15) is 41.4 Å². The van der Waals surface area contributed by atoms with Crippen LogP contribution in [0.25, 0.3) is 0 Å². The van der Waals surface area contributed by atoms with Crippen LogP contribution >= 0.6 is 11.3 Å². The third-order valence-corrected chi connectivity index (χ3v) is 4.18. The summed E-state index contributed by atoms with van der Waals surface area (Å²) >= 11 is 1.57. The molecule has 0 radical (unpaired) electrons. The molecule has 0 saturated heterocycles. The number of nitrogens with zero attached hydrogens (tertiary/aromatic N) is 1. The molecule has 0 aliphatic rings. The van der Waals surface area contributed by atoms with Crippen molar-refractivity contribution < 1.29 is 4.79 Å². The Morgan fingerprint density at radius 2 is 2.00 bits per heavy atom. The van der Waals surface area contributed by atoms with E-state index in [-0.39, 0.29) is 5.91 Å². The van der Waals surface area contributed by atoms with Gasteiger partial charge < -0.3 is 10.6 Å². The van der Waals surface area contributed by atoms with Crippen molar-refractivity contribution in [2.75, 3.05) is 18.9 Å². The third kappa shape index (κ3) is 4.29. The number of hydrogen-bond donors (Lipinski definition) is 2. The number of carbonyl (C=O) groups excluding carboxylic acids is 1. The number of nitrogens with one attached hydrogen (secondary N) is 2. The highest BCUT2D eigenvalue weighted by Gasteiger charge is 2.07. The predicted octanol–water partition coefficient (Wildman–Crippen LogP) is 3.28. The summed E-state index contributed by atoms with van der Waals surface area (Å²) in [5.74, 6) is 0.447. The molecule has 0 bridgehead atoms. The van der Waals surface area contributed by atoms with Crippen LogP contribution in [0.5, 0.6) is 0 Å². The lowest BCUT2D eigenvalue weighted by Gasteiger charge is -2.07. The van der Waals surface area contributed by atoms with Crippen LogP contribution < -0.4 is 10.6 Å². The molecular formula is C16H21N3OS. The maximum atomic E-state index is 12.0. The number of hydrogen-bond acceptors (Lipinski definition) is 4. The molecule has 0 atom stereocenters. The Kier molecular flexibility index (Phi) is 5.33. The summed E-state index contributed by atoms with van der Waals surface area (Å²) < 4.78 is 0. The molecule has 1 aromatic carbocycles. The number of benzene rings is 1. The lowest BCUT2D eigenvalue weighted by Crippen LogP contribution is -2.25. The lowest BCUT2D eigenvalue weighted by atomic mass is 10.0. The first-order chi connectivity index (χ1) is 10.1. The van der Waals surface area contributed by atoms with E-state index in [9.17, 15) is 4.79 Å². The molecule has 2 N–H and O–H groups in total. The largest absolute Gasteiger partial charge is 0.365 e. The van der Waals surface area contributed by atoms with Gasteiger partial charge in [0.15, 0.2) is 5.13 Å². The van der Waals surface area contributed by atoms with Gasteiger partial charge in [-0.15, -0.1) is 11.3 Å². The van der Waals surface area contributed by atoms with Crippen LogP contribution in [0.2, 0.25) is 0 Å². The van der Waals surface area contributed by atoms with Crippen LogP contribution in [0.3, 0.4) is 0 Å². The predicted molar refractivity (Wildman–Crippen MR) is 88.2 cm³/mol. The molecule has 112 valence electrons. The van der Waals surface area contributed by atoms with Gasteiger partial charge in [0.2, 0.25) is 0 Å². The second-order valence-corrected chi connectivity index (χ2v) is 6.03. The maximum Gasteiger partial charge on any atom is 0.251 e. The minimum atomic E-state index is -0.0330. The molecule has 0 aliphatic heterocycles. The van der Waals surface area contributed by atoms with E-state index in [1.54, 1.807) is 11.3 Å². The van der Waals surface area contributed by atoms with E-state index >= 15 is 0 Å². The Bertz CT molecular complexity index is 590. The smallest absolute Gasteiger partial charge is 0.251 e. The van der Waals surface area contributed by atoms with Crippen molar-refractivity contribution in [2.45, 2.75) is 26.2 Å². The Morgan fingerprint density at radius 1 is 1.29 bits per heavy atom. The summed E-state index contributed by atoms with van der Waals surface area (Å²) in [5.41, 5.74) is 2.95. The molecule has 2 aromatic rings. The van der Waals surface area contributed by atoms with Gasteiger partial charge in [0.05, 0.1) is 5.69 Å². The third-order valence-electron chi connectivity index (χ3n) is 3.27. The normalized spacial score (nSPS) is 10.7. The first kappa shape index (κ1) is 15.5. The summed E-state index contributed by atoms with van der Waals surface area (Å²) in [5, 5.41) is 8.85. The Hall–Kier alpha value is -1.88. The van der Waals surface area contributed by atoms with E-state index in [1.807, 2.05) is 36.7 Å². The fourth-order valence-electron chi connectivity index (χ4n) is 1.96. The summed E-state index contributed by atoms with van der Waals surface area (Å²) in [4.78, 5) is 16.4. The van der Waals surface area contributed by atoms with Gasteiger partial charge in [0.25, 0.3) is 5.91 Å². The Morgan fingerprint density at radius 3 is 2.57 bits per heavy atom. The molecule has 0 spiro atoms. The fraction of sp³-hybridized carbons (Fsp3) is 0.375. The maximum absolute atomic E-state index is 12.0. The van der Waals surface area contributed by atoms with Crippen LogP contribution in [0.4, 0.5) is 5.13 Å². The molecule has 1 heterocycles. The van der Waals surface area contributed by atoms with E-state index in [0.29, 0.717) is 18.0 Å².